The van der Waals surface area contributed by atoms with Crippen LogP contribution in [0.3, 0.4) is 0 Å². The first-order valence-corrected chi connectivity index (χ1v) is 13.3. The monoisotopic (exact) mass is 366 g/mol. The molecule has 1 atom stereocenters. The summed E-state index contributed by atoms with van der Waals surface area (Å²) in [6.07, 6.45) is 2.15. The molecule has 0 nitrogen and oxygen atoms in total. The molecule has 0 aromatic heterocycles. The predicted molar refractivity (Wildman–Crippen MR) is 71.5 cm³/mol. The summed E-state index contributed by atoms with van der Waals surface area (Å²) in [5.41, 5.74) is 0. The molecular weight excluding hydrogens is 363 g/mol. The molecule has 0 aliphatic heterocycles. The van der Waals surface area contributed by atoms with E-state index in [1.54, 1.807) is 17.8 Å². The third-order valence-electron chi connectivity index (χ3n) is 0.299. The maximum Gasteiger partial charge on any atom is 0.000185 e. The molecule has 0 spiro atoms. The van der Waals surface area contributed by atoms with E-state index in [0.29, 0.717) is 6.63 Å². The van der Waals surface area contributed by atoms with Gasteiger partial charge in [0.2, 0.25) is 0 Å². The van der Waals surface area contributed by atoms with E-state index in [1.807, 2.05) is 0 Å². The minimum atomic E-state index is 0.0683. The van der Waals surface area contributed by atoms with Crippen molar-refractivity contribution in [3.63, 3.8) is 0 Å². The summed E-state index contributed by atoms with van der Waals surface area (Å²) >= 11 is 12.2. The highest BCUT2D eigenvalue weighted by molar-refractivity contribution is 14.2. The maximum atomic E-state index is 5.14. The van der Waals surface area contributed by atoms with Crippen molar-refractivity contribution in [3.8, 4) is 0 Å². The number of halogens is 1. The van der Waals surface area contributed by atoms with E-state index in [9.17, 15) is 0 Å². The SMILES string of the molecule is CS(I)=S(=S)=S=S=S=S. The van der Waals surface area contributed by atoms with E-state index in [4.69, 9.17) is 11.2 Å². The molecule has 0 aromatic rings. The second-order valence-electron chi connectivity index (χ2n) is 0.792. The quantitative estimate of drug-likeness (QED) is 0.464. The summed E-state index contributed by atoms with van der Waals surface area (Å²) < 4.78 is 0. The van der Waals surface area contributed by atoms with E-state index in [1.165, 1.54) is 8.88 Å². The zero-order valence-electron chi connectivity index (χ0n) is 4.24. The molecule has 0 aromatic carbocycles. The molecule has 0 saturated carbocycles. The van der Waals surface area contributed by atoms with E-state index in [0.717, 1.165) is 0 Å². The molecule has 0 saturated heterocycles. The summed E-state index contributed by atoms with van der Waals surface area (Å²) in [6, 6.07) is 0. The van der Waals surface area contributed by atoms with Gasteiger partial charge in [0.15, 0.2) is 0 Å². The minimum absolute atomic E-state index is 0.0683. The lowest BCUT2D eigenvalue weighted by Gasteiger charge is -1.72. The van der Waals surface area contributed by atoms with Gasteiger partial charge in [-0.2, -0.15) is 0 Å². The van der Waals surface area contributed by atoms with Crippen molar-refractivity contribution < 1.29 is 0 Å². The Labute approximate surface area is 88.0 Å². The lowest BCUT2D eigenvalue weighted by Crippen LogP contribution is -1.64. The Kier molecular flexibility index (Phi) is 8.96. The molecule has 0 heterocycles. The van der Waals surface area contributed by atoms with Gasteiger partial charge in [-0.3, -0.25) is 0 Å². The first kappa shape index (κ1) is 11.4. The molecule has 0 aliphatic rings. The van der Waals surface area contributed by atoms with Gasteiger partial charge in [-0.15, -0.1) is 0 Å². The van der Waals surface area contributed by atoms with Crippen LogP contribution in [-0.4, -0.2) is 6.26 Å². The molecule has 0 amide bonds. The Morgan fingerprint density at radius 2 is 2.11 bits per heavy atom. The van der Waals surface area contributed by atoms with Crippen LogP contribution in [0.5, 0.6) is 0 Å². The zero-order valence-corrected chi connectivity index (χ0v) is 12.1. The lowest BCUT2D eigenvalue weighted by molar-refractivity contribution is 2.54. The Morgan fingerprint density at radius 3 is 2.44 bits per heavy atom. The maximum absolute atomic E-state index is 5.14. The molecule has 0 fully saturated rings. The molecule has 1 unspecified atom stereocenters. The normalized spacial score (nSPS) is 11.8. The van der Waals surface area contributed by atoms with Crippen molar-refractivity contribution >= 4 is 83.4 Å². The van der Waals surface area contributed by atoms with Crippen molar-refractivity contribution in [2.75, 3.05) is 6.26 Å². The molecule has 0 bridgehead atoms. The van der Waals surface area contributed by atoms with Crippen molar-refractivity contribution in [1.82, 2.24) is 0 Å². The van der Waals surface area contributed by atoms with Gasteiger partial charge in [0.05, 0.1) is 0 Å². The predicted octanol–water partition coefficient (Wildman–Crippen LogP) is 1.03. The van der Waals surface area contributed by atoms with Gasteiger partial charge in [-0.25, -0.2) is 0 Å². The summed E-state index contributed by atoms with van der Waals surface area (Å²) in [6.45, 7) is 0.402. The van der Waals surface area contributed by atoms with Gasteiger partial charge in [-0.1, -0.05) is 6.63 Å². The molecule has 0 aliphatic carbocycles. The fraction of sp³-hybridized carbons (Fsp3) is 1.00. The van der Waals surface area contributed by atoms with Crippen LogP contribution < -0.4 is 0 Å². The highest BCUT2D eigenvalue weighted by atomic mass is 127. The summed E-state index contributed by atoms with van der Waals surface area (Å²) in [5, 5.41) is 0. The first-order chi connectivity index (χ1) is 4.18. The smallest absolute Gasteiger partial charge is 0.000185 e. The molecule has 56 valence electrons. The highest BCUT2D eigenvalue weighted by Gasteiger charge is 1.66. The van der Waals surface area contributed by atoms with Crippen LogP contribution in [0, 0.1) is 0 Å². The van der Waals surface area contributed by atoms with Gasteiger partial charge < -0.3 is 0 Å². The van der Waals surface area contributed by atoms with E-state index >= 15 is 0 Å². The van der Waals surface area contributed by atoms with Gasteiger partial charge in [0, 0.05) is 21.2 Å². The Hall–Kier alpha value is 2.40. The third kappa shape index (κ3) is 6.78. The molecular formula is CH3IS7. The molecule has 0 rings (SSSR count). The third-order valence-corrected chi connectivity index (χ3v) is 22.0. The fourth-order valence-corrected chi connectivity index (χ4v) is 16.2. The van der Waals surface area contributed by atoms with Crippen LogP contribution in [0.4, 0.5) is 0 Å². The summed E-state index contributed by atoms with van der Waals surface area (Å²) in [7, 11) is 4.66. The van der Waals surface area contributed by atoms with Crippen molar-refractivity contribution in [2.24, 2.45) is 0 Å². The molecule has 9 heavy (non-hydrogen) atoms. The average molecular weight is 366 g/mol. The highest BCUT2D eigenvalue weighted by Crippen LogP contribution is 1.88. The fourth-order valence-electron chi connectivity index (χ4n) is 0.0723. The van der Waals surface area contributed by atoms with E-state index in [2.05, 4.69) is 38.6 Å². The first-order valence-electron chi connectivity index (χ1n) is 1.56. The van der Waals surface area contributed by atoms with E-state index in [-0.39, 0.29) is 6.57 Å². The van der Waals surface area contributed by atoms with Gasteiger partial charge >= 0.3 is 0 Å². The van der Waals surface area contributed by atoms with Crippen LogP contribution in [-0.2, 0) is 62.2 Å². The lowest BCUT2D eigenvalue weighted by atomic mass is 12.0. The second-order valence-corrected chi connectivity index (χ2v) is 19.4. The minimum Gasteiger partial charge on any atom is -0.0609 e. The molecule has 0 N–H and O–H groups in total. The van der Waals surface area contributed by atoms with Gasteiger partial charge in [-0.05, 0) is 61.8 Å². The van der Waals surface area contributed by atoms with Crippen LogP contribution in [0.1, 0.15) is 0 Å². The Morgan fingerprint density at radius 1 is 1.56 bits per heavy atom. The Balaban J connectivity index is 5.59. The van der Waals surface area contributed by atoms with E-state index < -0.39 is 0 Å². The second kappa shape index (κ2) is 7.07. The van der Waals surface area contributed by atoms with Crippen LogP contribution >= 0.6 is 21.2 Å². The molecule has 8 heteroatoms. The van der Waals surface area contributed by atoms with Crippen molar-refractivity contribution in [1.29, 1.82) is 0 Å². The van der Waals surface area contributed by atoms with Crippen molar-refractivity contribution in [3.05, 3.63) is 0 Å². The zero-order chi connectivity index (χ0) is 7.28. The Bertz CT molecular complexity index is 312. The van der Waals surface area contributed by atoms with Gasteiger partial charge in [0.1, 0.15) is 0 Å². The van der Waals surface area contributed by atoms with Crippen LogP contribution in [0.25, 0.3) is 0 Å². The number of hydrogen-bond donors (Lipinski definition) is 0. The van der Waals surface area contributed by atoms with Crippen LogP contribution in [0.15, 0.2) is 0 Å². The summed E-state index contributed by atoms with van der Waals surface area (Å²) in [5.74, 6) is 0. The number of hydrogen-bond acceptors (Lipinski definition) is 2. The largest absolute Gasteiger partial charge is 0.0609 e. The average Bonchev–Trinajstić information content (AvgIpc) is 1.82. The number of rotatable bonds is 0. The standard InChI is InChI=1S/CH3IS7/c1-8(2)9(4)7-6-5-3/h1H3. The van der Waals surface area contributed by atoms with Gasteiger partial charge in [0.25, 0.3) is 0 Å². The summed E-state index contributed by atoms with van der Waals surface area (Å²) in [4.78, 5) is 0. The van der Waals surface area contributed by atoms with Crippen molar-refractivity contribution in [2.45, 2.75) is 0 Å². The molecule has 0 radical (unpaired) electrons. The van der Waals surface area contributed by atoms with Crippen LogP contribution in [0.2, 0.25) is 0 Å². The topological polar surface area (TPSA) is 0 Å².